The zero-order chi connectivity index (χ0) is 10.7. The molecule has 0 spiro atoms. The molecule has 1 aliphatic rings. The van der Waals surface area contributed by atoms with E-state index in [0.717, 1.165) is 30.9 Å². The lowest BCUT2D eigenvalue weighted by atomic mass is 10.1. The van der Waals surface area contributed by atoms with Crippen LogP contribution < -0.4 is 4.90 Å². The van der Waals surface area contributed by atoms with Crippen molar-refractivity contribution in [2.45, 2.75) is 20.0 Å². The van der Waals surface area contributed by atoms with Crippen LogP contribution in [0.5, 0.6) is 0 Å². The Labute approximate surface area is 90.1 Å². The summed E-state index contributed by atoms with van der Waals surface area (Å²) >= 11 is 0. The molecule has 1 aromatic heterocycles. The molecule has 3 heteroatoms. The van der Waals surface area contributed by atoms with E-state index in [2.05, 4.69) is 22.9 Å². The van der Waals surface area contributed by atoms with E-state index in [-0.39, 0.29) is 6.61 Å². The lowest BCUT2D eigenvalue weighted by molar-refractivity contribution is 0.281. The zero-order valence-electron chi connectivity index (χ0n) is 8.98. The predicted octanol–water partition coefficient (Wildman–Crippen LogP) is 1.73. The summed E-state index contributed by atoms with van der Waals surface area (Å²) < 4.78 is 0. The molecule has 0 radical (unpaired) electrons. The van der Waals surface area contributed by atoms with Gasteiger partial charge >= 0.3 is 0 Å². The first-order chi connectivity index (χ1) is 7.29. The Morgan fingerprint density at radius 3 is 3.13 bits per heavy atom. The second kappa shape index (κ2) is 4.45. The number of aliphatic hydroxyl groups is 1. The molecule has 0 bridgehead atoms. The van der Waals surface area contributed by atoms with Crippen LogP contribution in [0, 0.1) is 0 Å². The van der Waals surface area contributed by atoms with Gasteiger partial charge in [-0.15, -0.1) is 0 Å². The first kappa shape index (κ1) is 10.2. The molecule has 0 amide bonds. The van der Waals surface area contributed by atoms with Crippen molar-refractivity contribution in [3.63, 3.8) is 0 Å². The summed E-state index contributed by atoms with van der Waals surface area (Å²) in [7, 11) is 0. The largest absolute Gasteiger partial charge is 0.392 e. The van der Waals surface area contributed by atoms with Gasteiger partial charge in [-0.05, 0) is 31.0 Å². The van der Waals surface area contributed by atoms with Crippen LogP contribution in [-0.4, -0.2) is 23.2 Å². The Balaban J connectivity index is 2.18. The van der Waals surface area contributed by atoms with Crippen LogP contribution in [0.3, 0.4) is 0 Å². The normalized spacial score (nSPS) is 16.4. The highest BCUT2D eigenvalue weighted by Gasteiger charge is 2.11. The van der Waals surface area contributed by atoms with E-state index < -0.39 is 0 Å². The second-order valence-electron chi connectivity index (χ2n) is 3.94. The minimum absolute atomic E-state index is 0.0815. The first-order valence-corrected chi connectivity index (χ1v) is 5.26. The molecule has 2 rings (SSSR count). The molecule has 15 heavy (non-hydrogen) atoms. The lowest BCUT2D eigenvalue weighted by Gasteiger charge is -2.27. The van der Waals surface area contributed by atoms with Gasteiger partial charge in [0.1, 0.15) is 5.82 Å². The second-order valence-corrected chi connectivity index (χ2v) is 3.94. The summed E-state index contributed by atoms with van der Waals surface area (Å²) in [5, 5.41) is 9.05. The molecule has 1 N–H and O–H groups in total. The maximum atomic E-state index is 9.05. The average Bonchev–Trinajstić information content (AvgIpc) is 2.29. The molecule has 0 aliphatic carbocycles. The Bertz CT molecular complexity index is 374. The highest BCUT2D eigenvalue weighted by molar-refractivity contribution is 5.43. The minimum atomic E-state index is 0.0815. The SMILES string of the molecule is CC1=CCCN(c2cc(CO)ccn2)C1. The quantitative estimate of drug-likeness (QED) is 0.745. The van der Waals surface area contributed by atoms with Crippen molar-refractivity contribution in [3.05, 3.63) is 35.5 Å². The fourth-order valence-corrected chi connectivity index (χ4v) is 1.84. The van der Waals surface area contributed by atoms with Crippen molar-refractivity contribution in [2.24, 2.45) is 0 Å². The van der Waals surface area contributed by atoms with Crippen molar-refractivity contribution >= 4 is 5.82 Å². The number of anilines is 1. The molecule has 1 aliphatic heterocycles. The highest BCUT2D eigenvalue weighted by Crippen LogP contribution is 2.18. The topological polar surface area (TPSA) is 36.4 Å². The third kappa shape index (κ3) is 2.36. The van der Waals surface area contributed by atoms with Crippen molar-refractivity contribution < 1.29 is 5.11 Å². The van der Waals surface area contributed by atoms with E-state index >= 15 is 0 Å². The lowest BCUT2D eigenvalue weighted by Crippen LogP contribution is -2.29. The van der Waals surface area contributed by atoms with Crippen LogP contribution in [0.25, 0.3) is 0 Å². The summed E-state index contributed by atoms with van der Waals surface area (Å²) in [6, 6.07) is 3.80. The fraction of sp³-hybridized carbons (Fsp3) is 0.417. The summed E-state index contributed by atoms with van der Waals surface area (Å²) in [6.07, 6.45) is 5.11. The smallest absolute Gasteiger partial charge is 0.129 e. The molecule has 80 valence electrons. The zero-order valence-corrected chi connectivity index (χ0v) is 8.98. The first-order valence-electron chi connectivity index (χ1n) is 5.26. The van der Waals surface area contributed by atoms with Crippen LogP contribution in [0.2, 0.25) is 0 Å². The number of pyridine rings is 1. The van der Waals surface area contributed by atoms with Crippen molar-refractivity contribution in [1.29, 1.82) is 0 Å². The van der Waals surface area contributed by atoms with E-state index in [0.29, 0.717) is 0 Å². The van der Waals surface area contributed by atoms with Crippen LogP contribution in [0.15, 0.2) is 30.0 Å². The summed E-state index contributed by atoms with van der Waals surface area (Å²) in [6.45, 7) is 4.18. The standard InChI is InChI=1S/C12H16N2O/c1-10-3-2-6-14(8-10)12-7-11(9-15)4-5-13-12/h3-5,7,15H,2,6,8-9H2,1H3. The van der Waals surface area contributed by atoms with E-state index in [1.807, 2.05) is 12.1 Å². The van der Waals surface area contributed by atoms with Gasteiger partial charge in [-0.3, -0.25) is 0 Å². The van der Waals surface area contributed by atoms with Crippen molar-refractivity contribution in [1.82, 2.24) is 4.98 Å². The fourth-order valence-electron chi connectivity index (χ4n) is 1.84. The Morgan fingerprint density at radius 2 is 2.40 bits per heavy atom. The van der Waals surface area contributed by atoms with Crippen molar-refractivity contribution in [2.75, 3.05) is 18.0 Å². The molecule has 0 unspecified atom stereocenters. The van der Waals surface area contributed by atoms with Gasteiger partial charge in [0.05, 0.1) is 6.61 Å². The summed E-state index contributed by atoms with van der Waals surface area (Å²) in [5.74, 6) is 0.967. The number of nitrogens with zero attached hydrogens (tertiary/aromatic N) is 2. The van der Waals surface area contributed by atoms with E-state index in [1.54, 1.807) is 6.20 Å². The van der Waals surface area contributed by atoms with E-state index in [1.165, 1.54) is 5.57 Å². The van der Waals surface area contributed by atoms with Gasteiger partial charge in [-0.25, -0.2) is 4.98 Å². The monoisotopic (exact) mass is 204 g/mol. The van der Waals surface area contributed by atoms with Crippen LogP contribution >= 0.6 is 0 Å². The number of hydrogen-bond donors (Lipinski definition) is 1. The van der Waals surface area contributed by atoms with Gasteiger partial charge in [-0.1, -0.05) is 11.6 Å². The average molecular weight is 204 g/mol. The Morgan fingerprint density at radius 1 is 1.53 bits per heavy atom. The third-order valence-corrected chi connectivity index (χ3v) is 2.65. The molecule has 0 aromatic carbocycles. The van der Waals surface area contributed by atoms with Crippen LogP contribution in [0.1, 0.15) is 18.9 Å². The Hall–Kier alpha value is -1.35. The maximum Gasteiger partial charge on any atom is 0.129 e. The van der Waals surface area contributed by atoms with Gasteiger partial charge in [0.25, 0.3) is 0 Å². The van der Waals surface area contributed by atoms with Gasteiger partial charge < -0.3 is 10.0 Å². The number of rotatable bonds is 2. The van der Waals surface area contributed by atoms with Crippen LogP contribution in [-0.2, 0) is 6.61 Å². The third-order valence-electron chi connectivity index (χ3n) is 2.65. The van der Waals surface area contributed by atoms with Gasteiger partial charge in [0, 0.05) is 19.3 Å². The molecule has 2 heterocycles. The summed E-state index contributed by atoms with van der Waals surface area (Å²) in [4.78, 5) is 6.58. The van der Waals surface area contributed by atoms with Crippen LogP contribution in [0.4, 0.5) is 5.82 Å². The predicted molar refractivity (Wildman–Crippen MR) is 60.7 cm³/mol. The van der Waals surface area contributed by atoms with Gasteiger partial charge in [-0.2, -0.15) is 0 Å². The molecule has 0 fully saturated rings. The number of aliphatic hydroxyl groups excluding tert-OH is 1. The molecule has 0 saturated carbocycles. The summed E-state index contributed by atoms with van der Waals surface area (Å²) in [5.41, 5.74) is 2.31. The number of aromatic nitrogens is 1. The van der Waals surface area contributed by atoms with Gasteiger partial charge in [0.2, 0.25) is 0 Å². The Kier molecular flexibility index (Phi) is 3.02. The maximum absolute atomic E-state index is 9.05. The molecule has 0 atom stereocenters. The molecular formula is C12H16N2O. The van der Waals surface area contributed by atoms with E-state index in [9.17, 15) is 0 Å². The van der Waals surface area contributed by atoms with Crippen molar-refractivity contribution in [3.8, 4) is 0 Å². The molecular weight excluding hydrogens is 188 g/mol. The molecule has 3 nitrogen and oxygen atoms in total. The van der Waals surface area contributed by atoms with E-state index in [4.69, 9.17) is 5.11 Å². The highest BCUT2D eigenvalue weighted by atomic mass is 16.3. The molecule has 1 aromatic rings. The number of hydrogen-bond acceptors (Lipinski definition) is 3. The minimum Gasteiger partial charge on any atom is -0.392 e. The van der Waals surface area contributed by atoms with Gasteiger partial charge in [0.15, 0.2) is 0 Å². The molecule has 0 saturated heterocycles.